The summed E-state index contributed by atoms with van der Waals surface area (Å²) in [5.41, 5.74) is 4.95. The van der Waals surface area contributed by atoms with Crippen LogP contribution in [0, 0.1) is 5.82 Å². The standard InChI is InChI=1S/C29H31FN4OS/c1-29(2,3)24-10-6-21(7-11-24)17-34(18-22-8-12-25(30)13-9-22)19-27-33-26(20-36-27)28(35)32-16-23-5-4-14-31-15-23/h4-15,20H,16-19H2,1-3H3,(H,32,35). The molecule has 0 unspecified atom stereocenters. The molecule has 0 spiro atoms. The van der Waals surface area contributed by atoms with E-state index in [1.165, 1.54) is 34.6 Å². The molecule has 2 heterocycles. The Balaban J connectivity index is 1.45. The molecule has 2 aromatic carbocycles. The number of benzene rings is 2. The number of carbonyl (C=O) groups is 1. The summed E-state index contributed by atoms with van der Waals surface area (Å²) in [6.45, 7) is 8.95. The van der Waals surface area contributed by atoms with E-state index in [1.54, 1.807) is 17.8 Å². The zero-order chi connectivity index (χ0) is 25.5. The van der Waals surface area contributed by atoms with Crippen molar-refractivity contribution in [2.24, 2.45) is 0 Å². The van der Waals surface area contributed by atoms with E-state index in [9.17, 15) is 9.18 Å². The minimum absolute atomic E-state index is 0.0984. The van der Waals surface area contributed by atoms with Gasteiger partial charge in [-0.3, -0.25) is 14.7 Å². The molecule has 0 atom stereocenters. The average molecular weight is 503 g/mol. The van der Waals surface area contributed by atoms with E-state index < -0.39 is 0 Å². The van der Waals surface area contributed by atoms with Crippen molar-refractivity contribution in [3.63, 3.8) is 0 Å². The Labute approximate surface area is 216 Å². The van der Waals surface area contributed by atoms with E-state index in [-0.39, 0.29) is 17.1 Å². The largest absolute Gasteiger partial charge is 0.347 e. The van der Waals surface area contributed by atoms with Crippen LogP contribution < -0.4 is 5.32 Å². The van der Waals surface area contributed by atoms with Gasteiger partial charge in [-0.05, 0) is 45.9 Å². The van der Waals surface area contributed by atoms with Gasteiger partial charge in [-0.1, -0.05) is 63.2 Å². The maximum absolute atomic E-state index is 13.4. The van der Waals surface area contributed by atoms with Crippen LogP contribution in [0.4, 0.5) is 4.39 Å². The fourth-order valence-corrected chi connectivity index (χ4v) is 4.65. The van der Waals surface area contributed by atoms with Gasteiger partial charge in [0.1, 0.15) is 16.5 Å². The Kier molecular flexibility index (Phi) is 8.23. The Bertz CT molecular complexity index is 1270. The van der Waals surface area contributed by atoms with Crippen molar-refractivity contribution in [3.8, 4) is 0 Å². The van der Waals surface area contributed by atoms with Gasteiger partial charge in [0, 0.05) is 37.4 Å². The number of carbonyl (C=O) groups excluding carboxylic acids is 1. The third-order valence-corrected chi connectivity index (χ3v) is 6.70. The molecule has 7 heteroatoms. The Morgan fingerprint density at radius 3 is 2.22 bits per heavy atom. The maximum atomic E-state index is 13.4. The van der Waals surface area contributed by atoms with Gasteiger partial charge in [0.2, 0.25) is 0 Å². The van der Waals surface area contributed by atoms with Gasteiger partial charge in [0.05, 0.1) is 6.54 Å². The number of aromatic nitrogens is 2. The number of hydrogen-bond donors (Lipinski definition) is 1. The highest BCUT2D eigenvalue weighted by atomic mass is 32.1. The monoisotopic (exact) mass is 502 g/mol. The predicted octanol–water partition coefficient (Wildman–Crippen LogP) is 6.11. The molecule has 5 nitrogen and oxygen atoms in total. The molecule has 0 radical (unpaired) electrons. The molecule has 0 aliphatic heterocycles. The van der Waals surface area contributed by atoms with Crippen LogP contribution in [-0.2, 0) is 31.6 Å². The third kappa shape index (κ3) is 7.29. The predicted molar refractivity (Wildman–Crippen MR) is 142 cm³/mol. The number of pyridine rings is 1. The first kappa shape index (κ1) is 25.7. The average Bonchev–Trinajstić information content (AvgIpc) is 3.33. The Morgan fingerprint density at radius 1 is 0.944 bits per heavy atom. The molecule has 186 valence electrons. The summed E-state index contributed by atoms with van der Waals surface area (Å²) >= 11 is 1.47. The van der Waals surface area contributed by atoms with E-state index >= 15 is 0 Å². The van der Waals surface area contributed by atoms with Crippen LogP contribution in [0.15, 0.2) is 78.4 Å². The highest BCUT2D eigenvalue weighted by Gasteiger charge is 2.16. The first-order chi connectivity index (χ1) is 17.3. The van der Waals surface area contributed by atoms with Gasteiger partial charge in [-0.15, -0.1) is 11.3 Å². The van der Waals surface area contributed by atoms with Crippen LogP contribution in [0.5, 0.6) is 0 Å². The van der Waals surface area contributed by atoms with Crippen molar-refractivity contribution in [1.82, 2.24) is 20.2 Å². The molecule has 0 saturated carbocycles. The van der Waals surface area contributed by atoms with Crippen molar-refractivity contribution < 1.29 is 9.18 Å². The van der Waals surface area contributed by atoms with Crippen LogP contribution >= 0.6 is 11.3 Å². The zero-order valence-electron chi connectivity index (χ0n) is 20.9. The summed E-state index contributed by atoms with van der Waals surface area (Å²) in [5, 5.41) is 5.55. The highest BCUT2D eigenvalue weighted by Crippen LogP contribution is 2.23. The molecule has 0 bridgehead atoms. The van der Waals surface area contributed by atoms with Crippen molar-refractivity contribution >= 4 is 17.2 Å². The molecule has 1 N–H and O–H groups in total. The molecular weight excluding hydrogens is 471 g/mol. The second-order valence-electron chi connectivity index (χ2n) is 9.89. The van der Waals surface area contributed by atoms with E-state index in [1.807, 2.05) is 24.3 Å². The van der Waals surface area contributed by atoms with Crippen LogP contribution in [0.1, 0.15) is 58.5 Å². The molecular formula is C29H31FN4OS. The molecule has 1 amide bonds. The fourth-order valence-electron chi connectivity index (χ4n) is 3.84. The van der Waals surface area contributed by atoms with Crippen LogP contribution in [0.2, 0.25) is 0 Å². The second-order valence-corrected chi connectivity index (χ2v) is 10.8. The molecule has 0 aliphatic rings. The van der Waals surface area contributed by atoms with E-state index in [0.717, 1.165) is 16.1 Å². The molecule has 4 rings (SSSR count). The number of nitrogens with one attached hydrogen (secondary N) is 1. The summed E-state index contributed by atoms with van der Waals surface area (Å²) in [6, 6.07) is 19.0. The molecule has 2 aromatic heterocycles. The number of nitrogens with zero attached hydrogens (tertiary/aromatic N) is 3. The Morgan fingerprint density at radius 2 is 1.61 bits per heavy atom. The van der Waals surface area contributed by atoms with Gasteiger partial charge in [0.15, 0.2) is 0 Å². The Hall–Kier alpha value is -3.42. The van der Waals surface area contributed by atoms with Crippen molar-refractivity contribution in [3.05, 3.63) is 117 Å². The summed E-state index contributed by atoms with van der Waals surface area (Å²) in [5.74, 6) is -0.450. The van der Waals surface area contributed by atoms with E-state index in [4.69, 9.17) is 0 Å². The number of amides is 1. The number of hydrogen-bond acceptors (Lipinski definition) is 5. The smallest absolute Gasteiger partial charge is 0.271 e. The lowest BCUT2D eigenvalue weighted by atomic mass is 9.87. The summed E-state index contributed by atoms with van der Waals surface area (Å²) < 4.78 is 13.4. The number of halogens is 1. The SMILES string of the molecule is CC(C)(C)c1ccc(CN(Cc2ccc(F)cc2)Cc2nc(C(=O)NCc3cccnc3)cs2)cc1. The summed E-state index contributed by atoms with van der Waals surface area (Å²) in [7, 11) is 0. The fraction of sp³-hybridized carbons (Fsp3) is 0.276. The summed E-state index contributed by atoms with van der Waals surface area (Å²) in [4.78, 5) is 23.5. The third-order valence-electron chi connectivity index (χ3n) is 5.86. The van der Waals surface area contributed by atoms with Gasteiger partial charge in [0.25, 0.3) is 5.91 Å². The summed E-state index contributed by atoms with van der Waals surface area (Å²) in [6.07, 6.45) is 3.43. The lowest BCUT2D eigenvalue weighted by molar-refractivity contribution is 0.0946. The van der Waals surface area contributed by atoms with Crippen molar-refractivity contribution in [2.45, 2.75) is 52.4 Å². The van der Waals surface area contributed by atoms with Crippen molar-refractivity contribution in [1.29, 1.82) is 0 Å². The highest BCUT2D eigenvalue weighted by molar-refractivity contribution is 7.09. The van der Waals surface area contributed by atoms with Gasteiger partial charge >= 0.3 is 0 Å². The normalized spacial score (nSPS) is 11.6. The number of thiazole rings is 1. The van der Waals surface area contributed by atoms with E-state index in [2.05, 4.69) is 65.2 Å². The van der Waals surface area contributed by atoms with E-state index in [0.29, 0.717) is 31.9 Å². The molecule has 0 saturated heterocycles. The molecule has 4 aromatic rings. The maximum Gasteiger partial charge on any atom is 0.271 e. The first-order valence-electron chi connectivity index (χ1n) is 11.9. The second kappa shape index (κ2) is 11.5. The molecule has 36 heavy (non-hydrogen) atoms. The lowest BCUT2D eigenvalue weighted by Crippen LogP contribution is -2.24. The molecule has 0 fully saturated rings. The van der Waals surface area contributed by atoms with Gasteiger partial charge in [-0.25, -0.2) is 9.37 Å². The quantitative estimate of drug-likeness (QED) is 0.300. The van der Waals surface area contributed by atoms with Crippen LogP contribution in [0.3, 0.4) is 0 Å². The minimum atomic E-state index is -0.245. The van der Waals surface area contributed by atoms with Crippen molar-refractivity contribution in [2.75, 3.05) is 0 Å². The van der Waals surface area contributed by atoms with Gasteiger partial charge in [-0.2, -0.15) is 0 Å². The lowest BCUT2D eigenvalue weighted by Gasteiger charge is -2.23. The zero-order valence-corrected chi connectivity index (χ0v) is 21.7. The molecule has 0 aliphatic carbocycles. The van der Waals surface area contributed by atoms with Crippen LogP contribution in [0.25, 0.3) is 0 Å². The minimum Gasteiger partial charge on any atom is -0.347 e. The first-order valence-corrected chi connectivity index (χ1v) is 12.8. The topological polar surface area (TPSA) is 58.1 Å². The van der Waals surface area contributed by atoms with Crippen LogP contribution in [-0.4, -0.2) is 20.8 Å². The van der Waals surface area contributed by atoms with Gasteiger partial charge < -0.3 is 5.32 Å². The number of rotatable bonds is 9.